The smallest absolute Gasteiger partial charge is 0.139 e. The molecule has 4 heteroatoms. The van der Waals surface area contributed by atoms with Gasteiger partial charge in [0.15, 0.2) is 0 Å². The van der Waals surface area contributed by atoms with Crippen LogP contribution in [0.3, 0.4) is 0 Å². The molecule has 104 valence electrons. The second-order valence-electron chi connectivity index (χ2n) is 4.18. The van der Waals surface area contributed by atoms with Crippen molar-refractivity contribution >= 4 is 40.8 Å². The Labute approximate surface area is 133 Å². The van der Waals surface area contributed by atoms with E-state index in [-0.39, 0.29) is 0 Å². The van der Waals surface area contributed by atoms with Crippen LogP contribution >= 0.6 is 34.7 Å². The largest absolute Gasteiger partial charge is 0.185 e. The van der Waals surface area contributed by atoms with E-state index in [1.54, 1.807) is 11.3 Å². The fraction of sp³-hybridized carbons (Fsp3) is 0.188. The number of thiophene rings is 1. The average Bonchev–Trinajstić information content (AvgIpc) is 2.69. The van der Waals surface area contributed by atoms with Crippen molar-refractivity contribution in [1.29, 1.82) is 5.26 Å². The first-order valence-electron chi connectivity index (χ1n) is 6.00. The lowest BCUT2D eigenvalue weighted by atomic mass is 10.2. The van der Waals surface area contributed by atoms with Crippen molar-refractivity contribution < 1.29 is 0 Å². The minimum absolute atomic E-state index is 0.801. The van der Waals surface area contributed by atoms with Crippen molar-refractivity contribution in [1.82, 2.24) is 0 Å². The van der Waals surface area contributed by atoms with Crippen molar-refractivity contribution in [3.8, 4) is 5.40 Å². The van der Waals surface area contributed by atoms with Crippen molar-refractivity contribution in [3.63, 3.8) is 0 Å². The van der Waals surface area contributed by atoms with Gasteiger partial charge in [-0.3, -0.25) is 0 Å². The van der Waals surface area contributed by atoms with Gasteiger partial charge < -0.3 is 0 Å². The quantitative estimate of drug-likeness (QED) is 0.483. The van der Waals surface area contributed by atoms with Gasteiger partial charge in [0.2, 0.25) is 0 Å². The maximum atomic E-state index is 8.53. The summed E-state index contributed by atoms with van der Waals surface area (Å²) in [7, 11) is 0. The molecule has 20 heavy (non-hydrogen) atoms. The molecule has 1 nitrogen and oxygen atoms in total. The summed E-state index contributed by atoms with van der Waals surface area (Å²) in [4.78, 5) is 1.27. The van der Waals surface area contributed by atoms with E-state index in [9.17, 15) is 0 Å². The lowest BCUT2D eigenvalue weighted by molar-refractivity contribution is 1.40. The molecule has 2 aromatic rings. The lowest BCUT2D eigenvalue weighted by Crippen LogP contribution is -1.74. The molecule has 0 saturated heterocycles. The predicted octanol–water partition coefficient (Wildman–Crippen LogP) is 6.23. The number of benzene rings is 1. The Balaban J connectivity index is 0.000000217. The number of halogens is 1. The van der Waals surface area contributed by atoms with E-state index in [1.807, 2.05) is 37.3 Å². The molecule has 0 fully saturated rings. The van der Waals surface area contributed by atoms with Crippen LogP contribution in [0.2, 0.25) is 5.02 Å². The summed E-state index contributed by atoms with van der Waals surface area (Å²) in [5.74, 6) is 0. The van der Waals surface area contributed by atoms with E-state index in [0.717, 1.165) is 14.8 Å². The molecule has 1 heterocycles. The lowest BCUT2D eigenvalue weighted by Gasteiger charge is -1.92. The summed E-state index contributed by atoms with van der Waals surface area (Å²) in [6.07, 6.45) is 1.82. The molecule has 0 unspecified atom stereocenters. The van der Waals surface area contributed by atoms with Crippen molar-refractivity contribution in [3.05, 3.63) is 57.4 Å². The van der Waals surface area contributed by atoms with Gasteiger partial charge in [-0.15, -0.1) is 11.3 Å². The third kappa shape index (κ3) is 4.72. The van der Waals surface area contributed by atoms with E-state index in [2.05, 4.69) is 25.8 Å². The fourth-order valence-corrected chi connectivity index (χ4v) is 3.60. The molecular formula is C16H16ClNS2. The first kappa shape index (κ1) is 16.8. The zero-order chi connectivity index (χ0) is 15.1. The van der Waals surface area contributed by atoms with Crippen LogP contribution in [0.5, 0.6) is 0 Å². The number of nitrogens with zero attached hydrogens (tertiary/aromatic N) is 1. The first-order valence-corrected chi connectivity index (χ1v) is 8.01. The van der Waals surface area contributed by atoms with Gasteiger partial charge in [-0.1, -0.05) is 42.0 Å². The van der Waals surface area contributed by atoms with E-state index >= 15 is 0 Å². The highest BCUT2D eigenvalue weighted by Gasteiger charge is 2.09. The molecule has 0 spiro atoms. The molecule has 0 amide bonds. The third-order valence-corrected chi connectivity index (χ3v) is 5.02. The zero-order valence-electron chi connectivity index (χ0n) is 11.7. The van der Waals surface area contributed by atoms with Crippen LogP contribution in [0.25, 0.3) is 6.08 Å². The van der Waals surface area contributed by atoms with E-state index in [0.29, 0.717) is 0 Å². The number of nitriles is 1. The Morgan fingerprint density at radius 2 is 1.85 bits per heavy atom. The van der Waals surface area contributed by atoms with Gasteiger partial charge in [-0.05, 0) is 38.5 Å². The summed E-state index contributed by atoms with van der Waals surface area (Å²) < 4.78 is 1.06. The molecule has 0 bridgehead atoms. The zero-order valence-corrected chi connectivity index (χ0v) is 14.1. The predicted molar refractivity (Wildman–Crippen MR) is 91.5 cm³/mol. The van der Waals surface area contributed by atoms with Gasteiger partial charge in [-0.2, -0.15) is 5.26 Å². The fourth-order valence-electron chi connectivity index (χ4n) is 1.50. The summed E-state index contributed by atoms with van der Waals surface area (Å²) >= 11 is 8.49. The summed E-state index contributed by atoms with van der Waals surface area (Å²) in [6.45, 7) is 9.89. The van der Waals surface area contributed by atoms with Crippen LogP contribution in [0.4, 0.5) is 0 Å². The molecule has 0 aliphatic heterocycles. The number of thiocyanates is 1. The molecule has 1 aromatic carbocycles. The molecular weight excluding hydrogens is 306 g/mol. The average molecular weight is 322 g/mol. The molecule has 0 atom stereocenters. The van der Waals surface area contributed by atoms with Crippen LogP contribution < -0.4 is 0 Å². The van der Waals surface area contributed by atoms with Gasteiger partial charge in [0, 0.05) is 27.2 Å². The number of hydrogen-bond acceptors (Lipinski definition) is 3. The highest BCUT2D eigenvalue weighted by molar-refractivity contribution is 8.05. The van der Waals surface area contributed by atoms with Gasteiger partial charge >= 0.3 is 0 Å². The van der Waals surface area contributed by atoms with Crippen LogP contribution in [0, 0.1) is 31.4 Å². The minimum atomic E-state index is 0.801. The monoisotopic (exact) mass is 321 g/mol. The standard InChI is InChI=1S/C9H9NS2.C7H7Cl/c1-4-8-6(2)7(3)12-9(8)11-5-10;1-6-2-4-7(8)5-3-6/h4H,1H2,2-3H3;2-5H,1H3. The molecule has 0 aliphatic rings. The van der Waals surface area contributed by atoms with Crippen LogP contribution in [-0.4, -0.2) is 0 Å². The van der Waals surface area contributed by atoms with Crippen molar-refractivity contribution in [2.24, 2.45) is 0 Å². The third-order valence-electron chi connectivity index (χ3n) is 2.75. The Morgan fingerprint density at radius 1 is 1.25 bits per heavy atom. The van der Waals surface area contributed by atoms with Crippen LogP contribution in [0.1, 0.15) is 21.6 Å². The van der Waals surface area contributed by atoms with Crippen molar-refractivity contribution in [2.75, 3.05) is 0 Å². The minimum Gasteiger partial charge on any atom is -0.185 e. The molecule has 0 N–H and O–H groups in total. The number of rotatable bonds is 2. The highest BCUT2D eigenvalue weighted by Crippen LogP contribution is 2.35. The van der Waals surface area contributed by atoms with Gasteiger partial charge in [0.25, 0.3) is 0 Å². The Bertz CT molecular complexity index is 600. The topological polar surface area (TPSA) is 23.8 Å². The van der Waals surface area contributed by atoms with Crippen LogP contribution in [0.15, 0.2) is 35.1 Å². The summed E-state index contributed by atoms with van der Waals surface area (Å²) in [6, 6.07) is 7.75. The molecule has 0 saturated carbocycles. The Kier molecular flexibility index (Phi) is 6.87. The van der Waals surface area contributed by atoms with E-state index in [4.69, 9.17) is 16.9 Å². The number of thioether (sulfide) groups is 1. The molecule has 2 rings (SSSR count). The maximum absolute atomic E-state index is 8.53. The van der Waals surface area contributed by atoms with E-state index < -0.39 is 0 Å². The number of aryl methyl sites for hydroxylation is 2. The summed E-state index contributed by atoms with van der Waals surface area (Å²) in [5, 5.41) is 11.4. The Morgan fingerprint density at radius 3 is 2.30 bits per heavy atom. The van der Waals surface area contributed by atoms with Gasteiger partial charge in [0.1, 0.15) is 5.40 Å². The maximum Gasteiger partial charge on any atom is 0.139 e. The molecule has 0 aliphatic carbocycles. The normalized spacial score (nSPS) is 9.35. The molecule has 1 aromatic heterocycles. The van der Waals surface area contributed by atoms with Crippen molar-refractivity contribution in [2.45, 2.75) is 25.0 Å². The second-order valence-corrected chi connectivity index (χ2v) is 6.89. The van der Waals surface area contributed by atoms with Crippen LogP contribution in [-0.2, 0) is 0 Å². The first-order chi connectivity index (χ1) is 9.49. The molecule has 0 radical (unpaired) electrons. The number of hydrogen-bond donors (Lipinski definition) is 0. The van der Waals surface area contributed by atoms with Gasteiger partial charge in [0.05, 0.1) is 4.21 Å². The SMILES string of the molecule is C=Cc1c(SC#N)sc(C)c1C.Cc1ccc(Cl)cc1. The Hall–Kier alpha value is -1.21. The second kappa shape index (κ2) is 8.16. The summed E-state index contributed by atoms with van der Waals surface area (Å²) in [5.41, 5.74) is 3.60. The van der Waals surface area contributed by atoms with E-state index in [1.165, 1.54) is 27.8 Å². The van der Waals surface area contributed by atoms with Gasteiger partial charge in [-0.25, -0.2) is 0 Å². The highest BCUT2D eigenvalue weighted by atomic mass is 35.5.